The summed E-state index contributed by atoms with van der Waals surface area (Å²) in [5, 5.41) is 11.7. The first-order valence-electron chi connectivity index (χ1n) is 6.16. The maximum Gasteiger partial charge on any atom is 0.224 e. The summed E-state index contributed by atoms with van der Waals surface area (Å²) in [4.78, 5) is 15.8. The molecule has 0 bridgehead atoms. The molecule has 2 aromatic heterocycles. The van der Waals surface area contributed by atoms with Gasteiger partial charge in [-0.1, -0.05) is 0 Å². The Bertz CT molecular complexity index is 688. The van der Waals surface area contributed by atoms with Gasteiger partial charge in [0.2, 0.25) is 5.95 Å². The number of nitrogen functional groups attached to an aromatic ring is 1. The molecule has 0 aliphatic carbocycles. The highest BCUT2D eigenvalue weighted by Gasteiger charge is 2.24. The number of nitrogens with zero attached hydrogens (tertiary/aromatic N) is 5. The van der Waals surface area contributed by atoms with E-state index in [4.69, 9.17) is 11.0 Å². The van der Waals surface area contributed by atoms with Crippen molar-refractivity contribution in [3.8, 4) is 6.07 Å². The molecule has 0 aromatic carbocycles. The molecule has 7 nitrogen and oxygen atoms in total. The molecule has 0 unspecified atom stereocenters. The number of nitrogens with two attached hydrogens (primary N) is 1. The third-order valence-electron chi connectivity index (χ3n) is 2.73. The van der Waals surface area contributed by atoms with Gasteiger partial charge in [-0.15, -0.1) is 0 Å². The minimum absolute atomic E-state index is 0.0883. The summed E-state index contributed by atoms with van der Waals surface area (Å²) < 4.78 is 14.1. The van der Waals surface area contributed by atoms with Crippen molar-refractivity contribution in [3.05, 3.63) is 35.5 Å². The second kappa shape index (κ2) is 5.66. The lowest BCUT2D eigenvalue weighted by atomic mass is 10.0. The number of nitriles is 1. The molecule has 2 heterocycles. The Morgan fingerprint density at radius 2 is 2.14 bits per heavy atom. The lowest BCUT2D eigenvalue weighted by Gasteiger charge is -2.17. The van der Waals surface area contributed by atoms with Gasteiger partial charge < -0.3 is 11.1 Å². The third-order valence-corrected chi connectivity index (χ3v) is 2.73. The van der Waals surface area contributed by atoms with Crippen LogP contribution in [0, 0.1) is 11.3 Å². The number of hydrogen-bond acceptors (Lipinski definition) is 7. The molecule has 0 spiro atoms. The van der Waals surface area contributed by atoms with E-state index in [1.54, 1.807) is 0 Å². The van der Waals surface area contributed by atoms with Gasteiger partial charge in [-0.2, -0.15) is 10.2 Å². The quantitative estimate of drug-likeness (QED) is 0.876. The monoisotopic (exact) mass is 287 g/mol. The van der Waals surface area contributed by atoms with Crippen molar-refractivity contribution in [1.29, 1.82) is 5.26 Å². The predicted molar refractivity (Wildman–Crippen MR) is 74.7 cm³/mol. The summed E-state index contributed by atoms with van der Waals surface area (Å²) in [6, 6.07) is 1.88. The van der Waals surface area contributed by atoms with E-state index >= 15 is 0 Å². The van der Waals surface area contributed by atoms with Crippen LogP contribution in [0.3, 0.4) is 0 Å². The molecule has 0 aliphatic rings. The summed E-state index contributed by atoms with van der Waals surface area (Å²) in [6.07, 6.45) is 4.16. The van der Waals surface area contributed by atoms with Crippen molar-refractivity contribution in [2.45, 2.75) is 26.1 Å². The van der Waals surface area contributed by atoms with E-state index < -0.39 is 5.67 Å². The van der Waals surface area contributed by atoms with E-state index in [2.05, 4.69) is 25.3 Å². The molecule has 0 radical (unpaired) electrons. The van der Waals surface area contributed by atoms with Crippen molar-refractivity contribution in [2.24, 2.45) is 0 Å². The van der Waals surface area contributed by atoms with E-state index in [0.717, 1.165) is 0 Å². The van der Waals surface area contributed by atoms with Crippen LogP contribution in [0.1, 0.15) is 30.7 Å². The average Bonchev–Trinajstić information content (AvgIpc) is 2.44. The number of aromatic nitrogens is 4. The van der Waals surface area contributed by atoms with Crippen LogP contribution in [-0.2, 0) is 12.2 Å². The molecule has 8 heteroatoms. The van der Waals surface area contributed by atoms with Gasteiger partial charge in [0, 0.05) is 18.3 Å². The fraction of sp³-hybridized carbons (Fsp3) is 0.308. The Morgan fingerprint density at radius 1 is 1.38 bits per heavy atom. The summed E-state index contributed by atoms with van der Waals surface area (Å²) in [7, 11) is 0. The molecule has 0 amide bonds. The second-order valence-corrected chi connectivity index (χ2v) is 4.83. The number of alkyl halides is 1. The van der Waals surface area contributed by atoms with Gasteiger partial charge in [-0.25, -0.2) is 19.3 Å². The molecule has 108 valence electrons. The van der Waals surface area contributed by atoms with Crippen molar-refractivity contribution < 1.29 is 4.39 Å². The van der Waals surface area contributed by atoms with Crippen LogP contribution in [-0.4, -0.2) is 19.9 Å². The van der Waals surface area contributed by atoms with Crippen molar-refractivity contribution in [2.75, 3.05) is 11.1 Å². The fourth-order valence-electron chi connectivity index (χ4n) is 1.76. The van der Waals surface area contributed by atoms with Gasteiger partial charge in [-0.05, 0) is 13.8 Å². The Morgan fingerprint density at radius 3 is 2.76 bits per heavy atom. The minimum atomic E-state index is -1.58. The highest BCUT2D eigenvalue weighted by molar-refractivity contribution is 5.49. The topological polar surface area (TPSA) is 113 Å². The normalized spacial score (nSPS) is 11.0. The molecule has 0 saturated carbocycles. The Hall–Kier alpha value is -2.82. The van der Waals surface area contributed by atoms with Crippen LogP contribution < -0.4 is 11.1 Å². The lowest BCUT2D eigenvalue weighted by Crippen LogP contribution is -2.17. The van der Waals surface area contributed by atoms with E-state index in [1.807, 2.05) is 6.07 Å². The highest BCUT2D eigenvalue weighted by atomic mass is 19.1. The first kappa shape index (κ1) is 14.6. The zero-order valence-corrected chi connectivity index (χ0v) is 11.6. The summed E-state index contributed by atoms with van der Waals surface area (Å²) in [5.41, 5.74) is 5.12. The molecular weight excluding hydrogens is 273 g/mol. The van der Waals surface area contributed by atoms with Crippen molar-refractivity contribution >= 4 is 11.8 Å². The molecular formula is C13H14FN7. The molecule has 0 fully saturated rings. The van der Waals surface area contributed by atoms with Crippen LogP contribution in [0.4, 0.5) is 16.2 Å². The molecule has 21 heavy (non-hydrogen) atoms. The maximum atomic E-state index is 14.1. The molecule has 0 saturated heterocycles. The van der Waals surface area contributed by atoms with Crippen molar-refractivity contribution in [1.82, 2.24) is 19.9 Å². The third kappa shape index (κ3) is 3.39. The van der Waals surface area contributed by atoms with E-state index in [9.17, 15) is 4.39 Å². The number of nitrogens with one attached hydrogen (secondary N) is 1. The van der Waals surface area contributed by atoms with Gasteiger partial charge in [0.05, 0.1) is 11.9 Å². The van der Waals surface area contributed by atoms with Crippen LogP contribution in [0.5, 0.6) is 0 Å². The van der Waals surface area contributed by atoms with E-state index in [1.165, 1.54) is 32.6 Å². The summed E-state index contributed by atoms with van der Waals surface area (Å²) in [6.45, 7) is 3.10. The van der Waals surface area contributed by atoms with Crippen LogP contribution in [0.25, 0.3) is 0 Å². The van der Waals surface area contributed by atoms with Gasteiger partial charge >= 0.3 is 0 Å². The van der Waals surface area contributed by atoms with Crippen LogP contribution in [0.15, 0.2) is 18.7 Å². The predicted octanol–water partition coefficient (Wildman–Crippen LogP) is 1.54. The van der Waals surface area contributed by atoms with Gasteiger partial charge in [0.1, 0.15) is 29.4 Å². The Balaban J connectivity index is 2.18. The number of rotatable bonds is 4. The number of halogens is 1. The summed E-state index contributed by atoms with van der Waals surface area (Å²) in [5.74, 6) is 0.336. The van der Waals surface area contributed by atoms with Gasteiger partial charge in [0.15, 0.2) is 0 Å². The highest BCUT2D eigenvalue weighted by Crippen LogP contribution is 2.25. The Labute approximate surface area is 121 Å². The largest absolute Gasteiger partial charge is 0.382 e. The van der Waals surface area contributed by atoms with Gasteiger partial charge in [-0.3, -0.25) is 0 Å². The lowest BCUT2D eigenvalue weighted by molar-refractivity contribution is 0.212. The van der Waals surface area contributed by atoms with E-state index in [0.29, 0.717) is 11.3 Å². The molecule has 0 aliphatic heterocycles. The van der Waals surface area contributed by atoms with Crippen LogP contribution >= 0.6 is 0 Å². The van der Waals surface area contributed by atoms with Crippen LogP contribution in [0.2, 0.25) is 0 Å². The first-order valence-corrected chi connectivity index (χ1v) is 6.16. The minimum Gasteiger partial charge on any atom is -0.382 e. The van der Waals surface area contributed by atoms with Gasteiger partial charge in [0.25, 0.3) is 0 Å². The number of anilines is 2. The average molecular weight is 287 g/mol. The molecule has 2 rings (SSSR count). The molecule has 0 atom stereocenters. The Kier molecular flexibility index (Phi) is 3.93. The number of hydrogen-bond donors (Lipinski definition) is 2. The SMILES string of the molecule is CC(C)(F)c1ncncc1CNc1ncc(C#N)c(N)n1. The zero-order chi connectivity index (χ0) is 15.5. The zero-order valence-electron chi connectivity index (χ0n) is 11.6. The maximum absolute atomic E-state index is 14.1. The fourth-order valence-corrected chi connectivity index (χ4v) is 1.76. The molecule has 3 N–H and O–H groups in total. The molecule has 2 aromatic rings. The van der Waals surface area contributed by atoms with Crippen molar-refractivity contribution in [3.63, 3.8) is 0 Å². The smallest absolute Gasteiger partial charge is 0.224 e. The standard InChI is InChI=1S/C13H14FN7/c1-13(2,14)10-9(4-17-7-20-10)6-19-12-18-5-8(3-15)11(16)21-12/h4-5,7H,6H2,1-2H3,(H3,16,18,19,21). The summed E-state index contributed by atoms with van der Waals surface area (Å²) >= 11 is 0. The van der Waals surface area contributed by atoms with E-state index in [-0.39, 0.29) is 23.9 Å². The second-order valence-electron chi connectivity index (χ2n) is 4.83. The first-order chi connectivity index (χ1) is 9.91.